The number of fused-ring (bicyclic) bond motifs is 1. The summed E-state index contributed by atoms with van der Waals surface area (Å²) in [5, 5.41) is 11.4. The van der Waals surface area contributed by atoms with E-state index < -0.39 is 17.1 Å². The number of hydrogen-bond acceptors (Lipinski definition) is 6. The second-order valence-corrected chi connectivity index (χ2v) is 6.75. The number of carbonyl (C=O) groups excluding carboxylic acids is 2. The molecule has 4 rings (SSSR count). The van der Waals surface area contributed by atoms with Crippen LogP contribution in [-0.2, 0) is 4.79 Å². The van der Waals surface area contributed by atoms with Gasteiger partial charge in [0.15, 0.2) is 5.58 Å². The number of imide groups is 1. The zero-order valence-electron chi connectivity index (χ0n) is 14.1. The van der Waals surface area contributed by atoms with Gasteiger partial charge >= 0.3 is 5.97 Å². The summed E-state index contributed by atoms with van der Waals surface area (Å²) in [6.45, 7) is 0. The maximum absolute atomic E-state index is 11.7. The number of aromatic nitrogens is 1. The summed E-state index contributed by atoms with van der Waals surface area (Å²) in [4.78, 5) is 38.2. The predicted molar refractivity (Wildman–Crippen MR) is 102 cm³/mol. The largest absolute Gasteiger partial charge is 0.478 e. The molecule has 3 aromatic rings. The van der Waals surface area contributed by atoms with Crippen molar-refractivity contribution >= 4 is 45.9 Å². The van der Waals surface area contributed by atoms with Gasteiger partial charge in [0.05, 0.1) is 16.0 Å². The lowest BCUT2D eigenvalue weighted by atomic mass is 10.1. The fourth-order valence-corrected chi connectivity index (χ4v) is 3.19. The van der Waals surface area contributed by atoms with Gasteiger partial charge in [-0.25, -0.2) is 4.79 Å². The van der Waals surface area contributed by atoms with Crippen LogP contribution in [0.5, 0.6) is 0 Å². The molecule has 8 heteroatoms. The molecule has 28 heavy (non-hydrogen) atoms. The van der Waals surface area contributed by atoms with Crippen LogP contribution < -0.4 is 5.32 Å². The molecule has 1 saturated heterocycles. The molecule has 2 N–H and O–H groups in total. The molecule has 3 heterocycles. The van der Waals surface area contributed by atoms with E-state index in [9.17, 15) is 14.4 Å². The third-order valence-corrected chi connectivity index (χ3v) is 4.64. The Morgan fingerprint density at radius 3 is 2.64 bits per heavy atom. The maximum atomic E-state index is 11.7. The van der Waals surface area contributed by atoms with Crippen molar-refractivity contribution in [1.82, 2.24) is 10.3 Å². The standard InChI is InChI=1S/C20H10N2O5S/c23-18-16(28-20(26)22-18)8-15-7-14-10-21-9-13(17(14)27-15)6-3-11-1-4-12(5-2-11)19(24)25/h1-2,4-5,7-10H,(H,24,25)(H,22,23,26)/b16-8+. The van der Waals surface area contributed by atoms with Crippen LogP contribution in [0.3, 0.4) is 0 Å². The minimum Gasteiger partial charge on any atom is -0.478 e. The predicted octanol–water partition coefficient (Wildman–Crippen LogP) is 3.25. The lowest BCUT2D eigenvalue weighted by molar-refractivity contribution is -0.115. The average Bonchev–Trinajstić information content (AvgIpc) is 3.22. The second-order valence-electron chi connectivity index (χ2n) is 5.74. The number of pyridine rings is 1. The fraction of sp³-hybridized carbons (Fsp3) is 0. The van der Waals surface area contributed by atoms with Gasteiger partial charge in [-0.05, 0) is 42.1 Å². The topological polar surface area (TPSA) is 110 Å². The Balaban J connectivity index is 1.67. The van der Waals surface area contributed by atoms with Crippen LogP contribution in [0.4, 0.5) is 4.79 Å². The van der Waals surface area contributed by atoms with E-state index in [1.165, 1.54) is 18.2 Å². The van der Waals surface area contributed by atoms with Crippen molar-refractivity contribution in [2.75, 3.05) is 0 Å². The smallest absolute Gasteiger partial charge is 0.335 e. The van der Waals surface area contributed by atoms with Gasteiger partial charge in [-0.15, -0.1) is 0 Å². The normalized spacial score (nSPS) is 14.8. The molecule has 0 radical (unpaired) electrons. The van der Waals surface area contributed by atoms with E-state index in [0.717, 1.165) is 11.8 Å². The second kappa shape index (κ2) is 7.06. The van der Waals surface area contributed by atoms with Crippen molar-refractivity contribution in [2.45, 2.75) is 0 Å². The summed E-state index contributed by atoms with van der Waals surface area (Å²) < 4.78 is 5.78. The first-order valence-electron chi connectivity index (χ1n) is 7.97. The summed E-state index contributed by atoms with van der Waals surface area (Å²) in [7, 11) is 0. The van der Waals surface area contributed by atoms with E-state index in [0.29, 0.717) is 27.9 Å². The molecule has 0 unspecified atom stereocenters. The number of thioether (sulfide) groups is 1. The van der Waals surface area contributed by atoms with Crippen LogP contribution in [0.1, 0.15) is 27.2 Å². The average molecular weight is 390 g/mol. The van der Waals surface area contributed by atoms with Crippen molar-refractivity contribution in [2.24, 2.45) is 0 Å². The Labute approximate surface area is 162 Å². The first-order chi connectivity index (χ1) is 13.5. The molecule has 1 aliphatic heterocycles. The van der Waals surface area contributed by atoms with Crippen LogP contribution in [-0.4, -0.2) is 27.2 Å². The number of carboxylic acids is 1. The molecule has 7 nitrogen and oxygen atoms in total. The Morgan fingerprint density at radius 2 is 1.96 bits per heavy atom. The van der Waals surface area contributed by atoms with Crippen molar-refractivity contribution in [3.8, 4) is 11.8 Å². The van der Waals surface area contributed by atoms with Gasteiger partial charge in [0.25, 0.3) is 11.1 Å². The van der Waals surface area contributed by atoms with Crippen LogP contribution in [0.2, 0.25) is 0 Å². The third-order valence-electron chi connectivity index (χ3n) is 3.83. The molecule has 0 atom stereocenters. The van der Waals surface area contributed by atoms with Crippen molar-refractivity contribution in [1.29, 1.82) is 0 Å². The highest BCUT2D eigenvalue weighted by Crippen LogP contribution is 2.28. The highest BCUT2D eigenvalue weighted by Gasteiger charge is 2.25. The van der Waals surface area contributed by atoms with Crippen LogP contribution in [0.15, 0.2) is 52.0 Å². The first-order valence-corrected chi connectivity index (χ1v) is 8.79. The summed E-state index contributed by atoms with van der Waals surface area (Å²) in [6, 6.07) is 7.91. The number of amides is 2. The molecule has 2 amide bonds. The van der Waals surface area contributed by atoms with E-state index in [2.05, 4.69) is 22.1 Å². The van der Waals surface area contributed by atoms with E-state index in [-0.39, 0.29) is 10.5 Å². The Morgan fingerprint density at radius 1 is 1.18 bits per heavy atom. The Hall–Kier alpha value is -3.83. The number of benzene rings is 1. The quantitative estimate of drug-likeness (QED) is 0.510. The Kier molecular flexibility index (Phi) is 4.43. The zero-order chi connectivity index (χ0) is 19.7. The van der Waals surface area contributed by atoms with Gasteiger partial charge in [-0.3, -0.25) is 19.9 Å². The summed E-state index contributed by atoms with van der Waals surface area (Å²) in [5.41, 5.74) is 1.88. The van der Waals surface area contributed by atoms with E-state index in [4.69, 9.17) is 9.52 Å². The number of carbonyl (C=O) groups is 3. The molecular formula is C20H10N2O5S. The lowest BCUT2D eigenvalue weighted by Gasteiger charge is -1.94. The van der Waals surface area contributed by atoms with Crippen LogP contribution in [0.25, 0.3) is 17.0 Å². The van der Waals surface area contributed by atoms with Gasteiger partial charge in [-0.1, -0.05) is 11.8 Å². The Bertz CT molecular complexity index is 1230. The first kappa shape index (κ1) is 17.6. The van der Waals surface area contributed by atoms with Gasteiger partial charge in [0.1, 0.15) is 5.76 Å². The third kappa shape index (κ3) is 3.51. The molecule has 1 aliphatic rings. The molecule has 0 aliphatic carbocycles. The molecule has 1 fully saturated rings. The number of aromatic carboxylic acids is 1. The number of carboxylic acid groups (broad SMARTS) is 1. The molecule has 0 bridgehead atoms. The van der Waals surface area contributed by atoms with Crippen LogP contribution in [0, 0.1) is 11.8 Å². The highest BCUT2D eigenvalue weighted by molar-refractivity contribution is 8.18. The van der Waals surface area contributed by atoms with E-state index in [1.807, 2.05) is 0 Å². The molecule has 0 saturated carbocycles. The lowest BCUT2D eigenvalue weighted by Crippen LogP contribution is -2.17. The maximum Gasteiger partial charge on any atom is 0.335 e. The van der Waals surface area contributed by atoms with E-state index >= 15 is 0 Å². The van der Waals surface area contributed by atoms with Gasteiger partial charge in [-0.2, -0.15) is 0 Å². The number of nitrogens with zero attached hydrogens (tertiary/aromatic N) is 1. The molecule has 2 aromatic heterocycles. The monoisotopic (exact) mass is 390 g/mol. The summed E-state index contributed by atoms with van der Waals surface area (Å²) in [6.07, 6.45) is 4.66. The van der Waals surface area contributed by atoms with Crippen molar-refractivity contribution in [3.05, 3.63) is 70.1 Å². The van der Waals surface area contributed by atoms with Crippen LogP contribution >= 0.6 is 11.8 Å². The summed E-state index contributed by atoms with van der Waals surface area (Å²) >= 11 is 0.809. The highest BCUT2D eigenvalue weighted by atomic mass is 32.2. The zero-order valence-corrected chi connectivity index (χ0v) is 14.9. The van der Waals surface area contributed by atoms with Gasteiger partial charge < -0.3 is 9.52 Å². The molecule has 136 valence electrons. The summed E-state index contributed by atoms with van der Waals surface area (Å²) in [5.74, 6) is 4.85. The number of nitrogens with one attached hydrogen (secondary N) is 1. The minimum absolute atomic E-state index is 0.185. The number of furan rings is 1. The van der Waals surface area contributed by atoms with Gasteiger partial charge in [0.2, 0.25) is 0 Å². The van der Waals surface area contributed by atoms with Crippen molar-refractivity contribution in [3.63, 3.8) is 0 Å². The van der Waals surface area contributed by atoms with Gasteiger partial charge in [0, 0.05) is 29.4 Å². The van der Waals surface area contributed by atoms with E-state index in [1.54, 1.807) is 30.6 Å². The van der Waals surface area contributed by atoms with Crippen molar-refractivity contribution < 1.29 is 23.9 Å². The number of hydrogen-bond donors (Lipinski definition) is 2. The fourth-order valence-electron chi connectivity index (χ4n) is 2.53. The molecule has 0 spiro atoms. The molecule has 1 aromatic carbocycles. The molecular weight excluding hydrogens is 380 g/mol. The SMILES string of the molecule is O=C1NC(=O)/C(=C\c2cc3cncc(C#Cc4ccc(C(=O)O)cc4)c3o2)S1. The number of rotatable bonds is 2. The minimum atomic E-state index is -0.999.